The van der Waals surface area contributed by atoms with Crippen LogP contribution >= 0.6 is 11.6 Å². The molecule has 0 spiro atoms. The van der Waals surface area contributed by atoms with E-state index in [0.29, 0.717) is 22.5 Å². The molecule has 0 unspecified atom stereocenters. The molecule has 1 saturated carbocycles. The van der Waals surface area contributed by atoms with Gasteiger partial charge in [-0.25, -0.2) is 0 Å². The molecule has 1 fully saturated rings. The molecule has 0 atom stereocenters. The second-order valence-electron chi connectivity index (χ2n) is 5.65. The number of nitrogen functional groups attached to an aromatic ring is 1. The third-order valence-corrected chi connectivity index (χ3v) is 4.30. The second-order valence-corrected chi connectivity index (χ2v) is 6.08. The van der Waals surface area contributed by atoms with Crippen molar-refractivity contribution >= 4 is 17.3 Å². The molecular formula is C15H18ClN3O. The Balaban J connectivity index is 1.83. The lowest BCUT2D eigenvalue weighted by Gasteiger charge is -2.23. The summed E-state index contributed by atoms with van der Waals surface area (Å²) >= 11 is 5.90. The molecule has 2 aromatic rings. The van der Waals surface area contributed by atoms with Crippen molar-refractivity contribution in [2.75, 3.05) is 5.73 Å². The van der Waals surface area contributed by atoms with Crippen molar-refractivity contribution in [2.45, 2.75) is 38.5 Å². The number of rotatable bonds is 2. The van der Waals surface area contributed by atoms with Gasteiger partial charge in [-0.2, -0.15) is 4.98 Å². The zero-order valence-corrected chi connectivity index (χ0v) is 12.2. The van der Waals surface area contributed by atoms with Crippen LogP contribution < -0.4 is 5.73 Å². The number of hydrogen-bond acceptors (Lipinski definition) is 4. The maximum Gasteiger partial charge on any atom is 0.260 e. The summed E-state index contributed by atoms with van der Waals surface area (Å²) in [7, 11) is 0. The summed E-state index contributed by atoms with van der Waals surface area (Å²) in [5, 5.41) is 4.73. The first-order valence-corrected chi connectivity index (χ1v) is 7.40. The highest BCUT2D eigenvalue weighted by molar-refractivity contribution is 6.31. The molecular weight excluding hydrogens is 274 g/mol. The second kappa shape index (κ2) is 5.44. The number of halogens is 1. The van der Waals surface area contributed by atoms with Crippen molar-refractivity contribution in [3.05, 3.63) is 29.0 Å². The number of aromatic nitrogens is 2. The van der Waals surface area contributed by atoms with Crippen LogP contribution in [0.25, 0.3) is 11.5 Å². The average molecular weight is 292 g/mol. The minimum Gasteiger partial charge on any atom is -0.398 e. The number of nitrogens with zero attached hydrogens (tertiary/aromatic N) is 2. The summed E-state index contributed by atoms with van der Waals surface area (Å²) < 4.78 is 5.37. The zero-order chi connectivity index (χ0) is 14.1. The highest BCUT2D eigenvalue weighted by Crippen LogP contribution is 2.35. The third-order valence-electron chi connectivity index (χ3n) is 4.07. The monoisotopic (exact) mass is 291 g/mol. The summed E-state index contributed by atoms with van der Waals surface area (Å²) in [6.07, 6.45) is 4.74. The van der Waals surface area contributed by atoms with E-state index in [1.807, 2.05) is 6.07 Å². The molecule has 1 aromatic carbocycles. The first-order valence-electron chi connectivity index (χ1n) is 7.02. The Morgan fingerprint density at radius 3 is 2.70 bits per heavy atom. The largest absolute Gasteiger partial charge is 0.398 e. The summed E-state index contributed by atoms with van der Waals surface area (Å²) in [6, 6.07) is 5.29. The average Bonchev–Trinajstić information content (AvgIpc) is 2.89. The van der Waals surface area contributed by atoms with Gasteiger partial charge in [0.2, 0.25) is 0 Å². The molecule has 5 heteroatoms. The van der Waals surface area contributed by atoms with Crippen LogP contribution in [0.5, 0.6) is 0 Å². The summed E-state index contributed by atoms with van der Waals surface area (Å²) in [5.41, 5.74) is 7.25. The summed E-state index contributed by atoms with van der Waals surface area (Å²) in [5.74, 6) is 2.51. The first-order chi connectivity index (χ1) is 9.63. The van der Waals surface area contributed by atoms with Crippen molar-refractivity contribution in [2.24, 2.45) is 5.92 Å². The number of benzene rings is 1. The van der Waals surface area contributed by atoms with Crippen molar-refractivity contribution in [1.29, 1.82) is 0 Å². The van der Waals surface area contributed by atoms with Gasteiger partial charge in [-0.3, -0.25) is 0 Å². The van der Waals surface area contributed by atoms with Crippen LogP contribution in [-0.2, 0) is 0 Å². The normalized spacial score (nSPS) is 22.9. The molecule has 0 aliphatic heterocycles. The van der Waals surface area contributed by atoms with Crippen molar-refractivity contribution in [1.82, 2.24) is 10.1 Å². The van der Waals surface area contributed by atoms with E-state index in [-0.39, 0.29) is 0 Å². The van der Waals surface area contributed by atoms with E-state index < -0.39 is 0 Å². The molecule has 3 rings (SSSR count). The van der Waals surface area contributed by atoms with Gasteiger partial charge in [0.1, 0.15) is 0 Å². The third kappa shape index (κ3) is 2.66. The molecule has 0 saturated heterocycles. The number of hydrogen-bond donors (Lipinski definition) is 1. The highest BCUT2D eigenvalue weighted by atomic mass is 35.5. The molecule has 1 aromatic heterocycles. The SMILES string of the molecule is CC1CCC(c2noc(-c3ccc(Cl)cc3N)n2)CC1. The van der Waals surface area contributed by atoms with E-state index in [2.05, 4.69) is 17.1 Å². The lowest BCUT2D eigenvalue weighted by Crippen LogP contribution is -2.11. The van der Waals surface area contributed by atoms with E-state index in [0.717, 1.165) is 30.1 Å². The van der Waals surface area contributed by atoms with E-state index in [1.165, 1.54) is 12.8 Å². The van der Waals surface area contributed by atoms with Crippen LogP contribution in [0.2, 0.25) is 5.02 Å². The Hall–Kier alpha value is -1.55. The molecule has 1 heterocycles. The molecule has 0 amide bonds. The van der Waals surface area contributed by atoms with Crippen LogP contribution in [0.15, 0.2) is 22.7 Å². The Bertz CT molecular complexity index is 603. The predicted molar refractivity (Wildman–Crippen MR) is 79.5 cm³/mol. The van der Waals surface area contributed by atoms with E-state index in [4.69, 9.17) is 21.9 Å². The molecule has 1 aliphatic rings. The fraction of sp³-hybridized carbons (Fsp3) is 0.467. The van der Waals surface area contributed by atoms with Crippen LogP contribution in [-0.4, -0.2) is 10.1 Å². The quantitative estimate of drug-likeness (QED) is 0.839. The van der Waals surface area contributed by atoms with Crippen LogP contribution in [0.1, 0.15) is 44.3 Å². The zero-order valence-electron chi connectivity index (χ0n) is 11.5. The van der Waals surface area contributed by atoms with Gasteiger partial charge < -0.3 is 10.3 Å². The standard InChI is InChI=1S/C15H18ClN3O/c1-9-2-4-10(5-3-9)14-18-15(20-19-14)12-7-6-11(16)8-13(12)17/h6-10H,2-5,17H2,1H3. The fourth-order valence-corrected chi connectivity index (χ4v) is 2.94. The van der Waals surface area contributed by atoms with Gasteiger partial charge in [-0.05, 0) is 37.0 Å². The molecule has 4 nitrogen and oxygen atoms in total. The van der Waals surface area contributed by atoms with Crippen LogP contribution in [0.4, 0.5) is 5.69 Å². The lowest BCUT2D eigenvalue weighted by molar-refractivity contribution is 0.329. The van der Waals surface area contributed by atoms with Crippen molar-refractivity contribution < 1.29 is 4.52 Å². The highest BCUT2D eigenvalue weighted by Gasteiger charge is 2.24. The minimum atomic E-state index is 0.414. The van der Waals surface area contributed by atoms with Gasteiger partial charge in [-0.15, -0.1) is 0 Å². The van der Waals surface area contributed by atoms with Gasteiger partial charge in [0.15, 0.2) is 5.82 Å². The first kappa shape index (κ1) is 13.4. The molecule has 2 N–H and O–H groups in total. The predicted octanol–water partition coefficient (Wildman–Crippen LogP) is 4.27. The minimum absolute atomic E-state index is 0.414. The number of nitrogens with two attached hydrogens (primary N) is 1. The molecule has 106 valence electrons. The van der Waals surface area contributed by atoms with Gasteiger partial charge >= 0.3 is 0 Å². The van der Waals surface area contributed by atoms with Gasteiger partial charge in [0.25, 0.3) is 5.89 Å². The van der Waals surface area contributed by atoms with Gasteiger partial charge in [-0.1, -0.05) is 36.5 Å². The molecule has 0 bridgehead atoms. The van der Waals surface area contributed by atoms with Gasteiger partial charge in [0, 0.05) is 16.6 Å². The maximum absolute atomic E-state index is 5.95. The summed E-state index contributed by atoms with van der Waals surface area (Å²) in [6.45, 7) is 2.30. The van der Waals surface area contributed by atoms with Crippen molar-refractivity contribution in [3.63, 3.8) is 0 Å². The molecule has 1 aliphatic carbocycles. The maximum atomic E-state index is 5.95. The van der Waals surface area contributed by atoms with Crippen LogP contribution in [0, 0.1) is 5.92 Å². The molecule has 0 radical (unpaired) electrons. The summed E-state index contributed by atoms with van der Waals surface area (Å²) in [4.78, 5) is 4.52. The fourth-order valence-electron chi connectivity index (χ4n) is 2.76. The Labute approximate surface area is 123 Å². The smallest absolute Gasteiger partial charge is 0.260 e. The van der Waals surface area contributed by atoms with E-state index in [9.17, 15) is 0 Å². The van der Waals surface area contributed by atoms with E-state index >= 15 is 0 Å². The Morgan fingerprint density at radius 2 is 2.00 bits per heavy atom. The lowest BCUT2D eigenvalue weighted by atomic mass is 9.83. The van der Waals surface area contributed by atoms with Crippen molar-refractivity contribution in [3.8, 4) is 11.5 Å². The Kier molecular flexibility index (Phi) is 3.66. The molecule has 20 heavy (non-hydrogen) atoms. The number of anilines is 1. The van der Waals surface area contributed by atoms with Crippen LogP contribution in [0.3, 0.4) is 0 Å². The van der Waals surface area contributed by atoms with Gasteiger partial charge in [0.05, 0.1) is 5.56 Å². The van der Waals surface area contributed by atoms with E-state index in [1.54, 1.807) is 12.1 Å². The topological polar surface area (TPSA) is 64.9 Å². The Morgan fingerprint density at radius 1 is 1.25 bits per heavy atom.